The van der Waals surface area contributed by atoms with Crippen LogP contribution in [-0.4, -0.2) is 37.7 Å². The zero-order valence-electron chi connectivity index (χ0n) is 7.74. The lowest BCUT2D eigenvalue weighted by atomic mass is 10.8. The predicted octanol–water partition coefficient (Wildman–Crippen LogP) is -1.09. The van der Waals surface area contributed by atoms with E-state index < -0.39 is 31.4 Å². The van der Waals surface area contributed by atoms with Gasteiger partial charge in [-0.15, -0.1) is 0 Å². The monoisotopic (exact) mass is 271 g/mol. The van der Waals surface area contributed by atoms with E-state index in [1.165, 1.54) is 0 Å². The number of primary sulfonamides is 1. The van der Waals surface area contributed by atoms with Gasteiger partial charge in [0, 0.05) is 0 Å². The Kier molecular flexibility index (Phi) is 3.43. The first-order chi connectivity index (χ1) is 6.71. The molecule has 0 saturated heterocycles. The molecule has 0 aliphatic carbocycles. The molecule has 0 saturated carbocycles. The third-order valence-corrected chi connectivity index (χ3v) is 5.40. The van der Waals surface area contributed by atoms with E-state index in [4.69, 9.17) is 5.14 Å². The topological polar surface area (TPSA) is 120 Å². The van der Waals surface area contributed by atoms with Crippen LogP contribution in [0.5, 0.6) is 0 Å². The maximum Gasteiger partial charge on any atom is 0.228 e. The third-order valence-electron chi connectivity index (χ3n) is 1.41. The first kappa shape index (κ1) is 12.5. The Balaban J connectivity index is 2.86. The fourth-order valence-electron chi connectivity index (χ4n) is 0.718. The summed E-state index contributed by atoms with van der Waals surface area (Å²) >= 11 is 0.722. The molecule has 0 amide bonds. The van der Waals surface area contributed by atoms with Crippen molar-refractivity contribution in [3.63, 3.8) is 0 Å². The van der Waals surface area contributed by atoms with Crippen molar-refractivity contribution in [2.75, 3.05) is 11.5 Å². The SMILES string of the molecule is Cc1nsc(S(=O)(=O)CCS(N)(=O)=O)n1. The summed E-state index contributed by atoms with van der Waals surface area (Å²) in [5.74, 6) is -0.844. The largest absolute Gasteiger partial charge is 0.229 e. The first-order valence-electron chi connectivity index (χ1n) is 3.74. The second-order valence-corrected chi connectivity index (χ2v) is 7.56. The van der Waals surface area contributed by atoms with Gasteiger partial charge in [-0.1, -0.05) is 0 Å². The normalized spacial score (nSPS) is 12.9. The molecule has 0 atom stereocenters. The van der Waals surface area contributed by atoms with E-state index in [0.717, 1.165) is 11.5 Å². The Labute approximate surface area is 91.5 Å². The van der Waals surface area contributed by atoms with Crippen molar-refractivity contribution in [1.82, 2.24) is 9.36 Å². The van der Waals surface area contributed by atoms with Gasteiger partial charge in [0.2, 0.25) is 24.2 Å². The van der Waals surface area contributed by atoms with Crippen LogP contribution in [-0.2, 0) is 19.9 Å². The van der Waals surface area contributed by atoms with Gasteiger partial charge in [-0.05, 0) is 18.5 Å². The summed E-state index contributed by atoms with van der Waals surface area (Å²) in [5, 5.41) is 4.70. The third kappa shape index (κ3) is 3.81. The van der Waals surface area contributed by atoms with Gasteiger partial charge in [-0.3, -0.25) is 0 Å². The van der Waals surface area contributed by atoms with Crippen molar-refractivity contribution >= 4 is 31.4 Å². The number of rotatable bonds is 4. The van der Waals surface area contributed by atoms with Crippen LogP contribution in [0.2, 0.25) is 0 Å². The highest BCUT2D eigenvalue weighted by molar-refractivity contribution is 7.95. The number of sulfonamides is 1. The summed E-state index contributed by atoms with van der Waals surface area (Å²) in [4.78, 5) is 3.67. The smallest absolute Gasteiger partial charge is 0.228 e. The summed E-state index contributed by atoms with van der Waals surface area (Å²) in [6, 6.07) is 0. The Hall–Kier alpha value is -0.580. The fourth-order valence-corrected chi connectivity index (χ4v) is 4.21. The number of hydrogen-bond acceptors (Lipinski definition) is 7. The molecular weight excluding hydrogens is 262 g/mol. The average Bonchev–Trinajstić information content (AvgIpc) is 2.48. The molecule has 0 bridgehead atoms. The van der Waals surface area contributed by atoms with Crippen LogP contribution in [0.4, 0.5) is 0 Å². The number of nitrogens with zero attached hydrogens (tertiary/aromatic N) is 2. The van der Waals surface area contributed by atoms with Crippen LogP contribution in [0, 0.1) is 6.92 Å². The molecular formula is C5H9N3O4S3. The van der Waals surface area contributed by atoms with Gasteiger partial charge < -0.3 is 0 Å². The lowest BCUT2D eigenvalue weighted by Crippen LogP contribution is -2.23. The molecule has 15 heavy (non-hydrogen) atoms. The van der Waals surface area contributed by atoms with E-state index in [0.29, 0.717) is 5.82 Å². The Bertz CT molecular complexity index is 544. The molecule has 0 aliphatic heterocycles. The van der Waals surface area contributed by atoms with Gasteiger partial charge in [0.25, 0.3) is 0 Å². The van der Waals surface area contributed by atoms with E-state index >= 15 is 0 Å². The molecule has 7 nitrogen and oxygen atoms in total. The summed E-state index contributed by atoms with van der Waals surface area (Å²) in [6.45, 7) is 1.55. The average molecular weight is 271 g/mol. The van der Waals surface area contributed by atoms with Crippen LogP contribution in [0.25, 0.3) is 0 Å². The fraction of sp³-hybridized carbons (Fsp3) is 0.600. The molecule has 0 aromatic carbocycles. The van der Waals surface area contributed by atoms with Gasteiger partial charge in [-0.25, -0.2) is 27.0 Å². The molecule has 1 rings (SSSR count). The van der Waals surface area contributed by atoms with E-state index in [1.54, 1.807) is 6.92 Å². The number of aromatic nitrogens is 2. The summed E-state index contributed by atoms with van der Waals surface area (Å²) in [6.07, 6.45) is 0. The van der Waals surface area contributed by atoms with Crippen molar-refractivity contribution in [1.29, 1.82) is 0 Å². The highest BCUT2D eigenvalue weighted by Crippen LogP contribution is 2.13. The predicted molar refractivity (Wildman–Crippen MR) is 54.7 cm³/mol. The minimum Gasteiger partial charge on any atom is -0.229 e. The number of aryl methyl sites for hydroxylation is 1. The minimum absolute atomic E-state index is 0.177. The van der Waals surface area contributed by atoms with E-state index in [2.05, 4.69) is 9.36 Å². The number of hydrogen-bond donors (Lipinski definition) is 1. The molecule has 0 aliphatic rings. The van der Waals surface area contributed by atoms with Gasteiger partial charge in [-0.2, -0.15) is 4.37 Å². The van der Waals surface area contributed by atoms with Gasteiger partial charge in [0.05, 0.1) is 11.5 Å². The molecule has 0 radical (unpaired) electrons. The Morgan fingerprint density at radius 2 is 1.87 bits per heavy atom. The van der Waals surface area contributed by atoms with Crippen molar-refractivity contribution in [2.24, 2.45) is 5.14 Å². The highest BCUT2D eigenvalue weighted by atomic mass is 32.2. The van der Waals surface area contributed by atoms with Crippen LogP contribution in [0.15, 0.2) is 4.34 Å². The summed E-state index contributed by atoms with van der Waals surface area (Å²) in [7, 11) is -7.47. The first-order valence-corrected chi connectivity index (χ1v) is 7.88. The maximum absolute atomic E-state index is 11.5. The van der Waals surface area contributed by atoms with E-state index in [-0.39, 0.29) is 4.34 Å². The molecule has 1 aromatic rings. The van der Waals surface area contributed by atoms with Gasteiger partial charge in [0.1, 0.15) is 5.82 Å². The van der Waals surface area contributed by atoms with Crippen LogP contribution >= 0.6 is 11.5 Å². The second-order valence-electron chi connectivity index (χ2n) is 2.79. The summed E-state index contributed by atoms with van der Waals surface area (Å²) < 4.78 is 47.7. The van der Waals surface area contributed by atoms with Crippen LogP contribution < -0.4 is 5.14 Å². The molecule has 0 fully saturated rings. The maximum atomic E-state index is 11.5. The molecule has 10 heteroatoms. The second kappa shape index (κ2) is 4.12. The lowest BCUT2D eigenvalue weighted by Gasteiger charge is -1.97. The van der Waals surface area contributed by atoms with Crippen LogP contribution in [0.1, 0.15) is 5.82 Å². The van der Waals surface area contributed by atoms with Gasteiger partial charge >= 0.3 is 0 Å². The highest BCUT2D eigenvalue weighted by Gasteiger charge is 2.21. The zero-order chi connectivity index (χ0) is 11.7. The van der Waals surface area contributed by atoms with Crippen LogP contribution in [0.3, 0.4) is 0 Å². The van der Waals surface area contributed by atoms with Gasteiger partial charge in [0.15, 0.2) is 0 Å². The molecule has 1 heterocycles. The van der Waals surface area contributed by atoms with E-state index in [9.17, 15) is 16.8 Å². The lowest BCUT2D eigenvalue weighted by molar-refractivity contribution is 0.588. The quantitative estimate of drug-likeness (QED) is 0.742. The minimum atomic E-state index is -3.78. The molecule has 0 spiro atoms. The summed E-state index contributed by atoms with van der Waals surface area (Å²) in [5.41, 5.74) is 0. The van der Waals surface area contributed by atoms with Crippen molar-refractivity contribution in [2.45, 2.75) is 11.3 Å². The Morgan fingerprint density at radius 3 is 2.27 bits per heavy atom. The van der Waals surface area contributed by atoms with Crippen molar-refractivity contribution < 1.29 is 16.8 Å². The van der Waals surface area contributed by atoms with Crippen molar-refractivity contribution in [3.8, 4) is 0 Å². The molecule has 2 N–H and O–H groups in total. The molecule has 1 aromatic heterocycles. The van der Waals surface area contributed by atoms with E-state index in [1.807, 2.05) is 0 Å². The standard InChI is InChI=1S/C5H9N3O4S3/c1-4-7-5(13-8-4)14(9,10)2-3-15(6,11)12/h2-3H2,1H3,(H2,6,11,12). The number of sulfone groups is 1. The van der Waals surface area contributed by atoms with Crippen molar-refractivity contribution in [3.05, 3.63) is 5.82 Å². The Morgan fingerprint density at radius 1 is 1.27 bits per heavy atom. The number of nitrogens with two attached hydrogens (primary N) is 1. The molecule has 0 unspecified atom stereocenters. The zero-order valence-corrected chi connectivity index (χ0v) is 10.2. The molecule has 86 valence electrons.